The van der Waals surface area contributed by atoms with E-state index in [1.165, 1.54) is 18.2 Å². The lowest BCUT2D eigenvalue weighted by molar-refractivity contribution is 0.0759. The first-order valence-electron chi connectivity index (χ1n) is 5.68. The second-order valence-corrected chi connectivity index (χ2v) is 5.39. The highest BCUT2D eigenvalue weighted by atomic mass is 32.2. The Bertz CT molecular complexity index is 505. The molecule has 0 aliphatic carbocycles. The fraction of sp³-hybridized carbons (Fsp3) is 0.455. The van der Waals surface area contributed by atoms with E-state index in [9.17, 15) is 8.42 Å². The maximum absolute atomic E-state index is 11.2. The number of hydrogen-bond acceptors (Lipinski definition) is 6. The Morgan fingerprint density at radius 1 is 1.26 bits per heavy atom. The van der Waals surface area contributed by atoms with E-state index in [4.69, 9.17) is 20.3 Å². The summed E-state index contributed by atoms with van der Waals surface area (Å²) in [6, 6.07) is 4.26. The van der Waals surface area contributed by atoms with Gasteiger partial charge in [0.25, 0.3) is 0 Å². The molecule has 0 spiro atoms. The van der Waals surface area contributed by atoms with Crippen LogP contribution in [0, 0.1) is 0 Å². The van der Waals surface area contributed by atoms with Gasteiger partial charge in [-0.15, -0.1) is 0 Å². The van der Waals surface area contributed by atoms with Crippen LogP contribution in [0.4, 0.5) is 11.4 Å². The molecule has 0 saturated carbocycles. The van der Waals surface area contributed by atoms with Crippen LogP contribution in [0.2, 0.25) is 0 Å². The summed E-state index contributed by atoms with van der Waals surface area (Å²) in [5.41, 5.74) is 6.70. The van der Waals surface area contributed by atoms with Crippen molar-refractivity contribution in [3.8, 4) is 0 Å². The fourth-order valence-electron chi connectivity index (χ4n) is 1.37. The van der Waals surface area contributed by atoms with Gasteiger partial charge in [0.2, 0.25) is 10.0 Å². The number of hydrogen-bond donors (Lipinski definition) is 3. The van der Waals surface area contributed by atoms with Crippen molar-refractivity contribution in [1.29, 1.82) is 0 Å². The van der Waals surface area contributed by atoms with Crippen molar-refractivity contribution in [1.82, 2.24) is 0 Å². The predicted molar refractivity (Wildman–Crippen MR) is 73.4 cm³/mol. The van der Waals surface area contributed by atoms with Gasteiger partial charge in [0.1, 0.15) is 0 Å². The summed E-state index contributed by atoms with van der Waals surface area (Å²) in [7, 11) is -2.13. The molecule has 0 aliphatic rings. The van der Waals surface area contributed by atoms with E-state index in [0.29, 0.717) is 37.7 Å². The molecule has 1 aromatic carbocycles. The second kappa shape index (κ2) is 7.29. The summed E-state index contributed by atoms with van der Waals surface area (Å²) in [4.78, 5) is 0.0181. The molecular formula is C11H19N3O4S. The Balaban J connectivity index is 2.53. The first-order chi connectivity index (χ1) is 8.95. The number of nitrogens with two attached hydrogens (primary N) is 2. The third kappa shape index (κ3) is 5.43. The molecule has 0 bridgehead atoms. The summed E-state index contributed by atoms with van der Waals surface area (Å²) in [6.07, 6.45) is 0. The van der Waals surface area contributed by atoms with Gasteiger partial charge in [0, 0.05) is 13.7 Å². The summed E-state index contributed by atoms with van der Waals surface area (Å²) in [5, 5.41) is 8.04. The van der Waals surface area contributed by atoms with Crippen LogP contribution < -0.4 is 16.2 Å². The largest absolute Gasteiger partial charge is 0.397 e. The minimum Gasteiger partial charge on any atom is -0.397 e. The summed E-state index contributed by atoms with van der Waals surface area (Å²) >= 11 is 0. The first kappa shape index (κ1) is 15.7. The molecule has 0 aliphatic heterocycles. The van der Waals surface area contributed by atoms with Gasteiger partial charge in [-0.05, 0) is 18.2 Å². The number of sulfonamides is 1. The number of benzene rings is 1. The molecular weight excluding hydrogens is 270 g/mol. The van der Waals surface area contributed by atoms with E-state index < -0.39 is 10.0 Å². The van der Waals surface area contributed by atoms with E-state index >= 15 is 0 Å². The molecule has 0 unspecified atom stereocenters. The van der Waals surface area contributed by atoms with Crippen molar-refractivity contribution in [2.24, 2.45) is 5.14 Å². The monoisotopic (exact) mass is 289 g/mol. The minimum absolute atomic E-state index is 0.0181. The van der Waals surface area contributed by atoms with Gasteiger partial charge in [-0.3, -0.25) is 0 Å². The number of ether oxygens (including phenoxy) is 2. The lowest BCUT2D eigenvalue weighted by Crippen LogP contribution is -2.15. The average Bonchev–Trinajstić information content (AvgIpc) is 2.34. The molecule has 1 rings (SSSR count). The lowest BCUT2D eigenvalue weighted by atomic mass is 10.2. The van der Waals surface area contributed by atoms with Gasteiger partial charge in [0.05, 0.1) is 36.1 Å². The maximum Gasteiger partial charge on any atom is 0.238 e. The highest BCUT2D eigenvalue weighted by Crippen LogP contribution is 2.21. The van der Waals surface area contributed by atoms with Crippen LogP contribution >= 0.6 is 0 Å². The van der Waals surface area contributed by atoms with Crippen LogP contribution in [-0.4, -0.2) is 41.9 Å². The van der Waals surface area contributed by atoms with Crippen molar-refractivity contribution in [2.75, 3.05) is 44.5 Å². The quantitative estimate of drug-likeness (QED) is 0.458. The summed E-state index contributed by atoms with van der Waals surface area (Å²) in [5.74, 6) is 0. The SMILES string of the molecule is COCCOCCNc1cc(S(N)(=O)=O)ccc1N. The average molecular weight is 289 g/mol. The molecule has 8 heteroatoms. The predicted octanol–water partition coefficient (Wildman–Crippen LogP) is -0.00890. The van der Waals surface area contributed by atoms with Gasteiger partial charge < -0.3 is 20.5 Å². The highest BCUT2D eigenvalue weighted by Gasteiger charge is 2.09. The van der Waals surface area contributed by atoms with E-state index in [-0.39, 0.29) is 4.90 Å². The number of primary sulfonamides is 1. The molecule has 0 fully saturated rings. The van der Waals surface area contributed by atoms with Crippen LogP contribution in [0.15, 0.2) is 23.1 Å². The lowest BCUT2D eigenvalue weighted by Gasteiger charge is -2.11. The van der Waals surface area contributed by atoms with Gasteiger partial charge >= 0.3 is 0 Å². The number of rotatable bonds is 8. The molecule has 0 amide bonds. The number of methoxy groups -OCH3 is 1. The molecule has 0 heterocycles. The molecule has 19 heavy (non-hydrogen) atoms. The van der Waals surface area contributed by atoms with E-state index in [1.807, 2.05) is 0 Å². The molecule has 0 aromatic heterocycles. The Kier molecular flexibility index (Phi) is 6.03. The van der Waals surface area contributed by atoms with Gasteiger partial charge in [-0.25, -0.2) is 13.6 Å². The topological polar surface area (TPSA) is 117 Å². The molecule has 7 nitrogen and oxygen atoms in total. The summed E-state index contributed by atoms with van der Waals surface area (Å²) in [6.45, 7) is 2.00. The van der Waals surface area contributed by atoms with Crippen LogP contribution in [0.3, 0.4) is 0 Å². The second-order valence-electron chi connectivity index (χ2n) is 3.83. The normalized spacial score (nSPS) is 11.5. The zero-order valence-electron chi connectivity index (χ0n) is 10.8. The van der Waals surface area contributed by atoms with Gasteiger partial charge in [-0.2, -0.15) is 0 Å². The van der Waals surface area contributed by atoms with E-state index in [0.717, 1.165) is 0 Å². The Morgan fingerprint density at radius 2 is 2.00 bits per heavy atom. The standard InChI is InChI=1S/C11H19N3O4S/c1-17-6-7-18-5-4-14-11-8-9(19(13,15)16)2-3-10(11)12/h2-3,8,14H,4-7,12H2,1H3,(H2,13,15,16). The van der Waals surface area contributed by atoms with E-state index in [1.54, 1.807) is 7.11 Å². The van der Waals surface area contributed by atoms with Crippen molar-refractivity contribution in [3.05, 3.63) is 18.2 Å². The molecule has 0 saturated heterocycles. The summed E-state index contributed by atoms with van der Waals surface area (Å²) < 4.78 is 32.5. The van der Waals surface area contributed by atoms with Crippen molar-refractivity contribution >= 4 is 21.4 Å². The zero-order valence-corrected chi connectivity index (χ0v) is 11.6. The highest BCUT2D eigenvalue weighted by molar-refractivity contribution is 7.89. The molecule has 0 atom stereocenters. The molecule has 5 N–H and O–H groups in total. The van der Waals surface area contributed by atoms with Crippen molar-refractivity contribution < 1.29 is 17.9 Å². The first-order valence-corrected chi connectivity index (χ1v) is 7.22. The number of nitrogen functional groups attached to an aromatic ring is 1. The van der Waals surface area contributed by atoms with Crippen molar-refractivity contribution in [2.45, 2.75) is 4.90 Å². The van der Waals surface area contributed by atoms with Gasteiger partial charge in [0.15, 0.2) is 0 Å². The fourth-order valence-corrected chi connectivity index (χ4v) is 1.91. The van der Waals surface area contributed by atoms with Crippen LogP contribution in [0.1, 0.15) is 0 Å². The Labute approximate surface area is 112 Å². The maximum atomic E-state index is 11.2. The van der Waals surface area contributed by atoms with Crippen LogP contribution in [0.25, 0.3) is 0 Å². The number of nitrogens with one attached hydrogen (secondary N) is 1. The van der Waals surface area contributed by atoms with E-state index in [2.05, 4.69) is 5.32 Å². The molecule has 0 radical (unpaired) electrons. The zero-order chi connectivity index (χ0) is 14.3. The van der Waals surface area contributed by atoms with Gasteiger partial charge in [-0.1, -0.05) is 0 Å². The van der Waals surface area contributed by atoms with Crippen molar-refractivity contribution in [3.63, 3.8) is 0 Å². The van der Waals surface area contributed by atoms with Crippen LogP contribution in [0.5, 0.6) is 0 Å². The molecule has 108 valence electrons. The third-order valence-electron chi connectivity index (χ3n) is 2.35. The minimum atomic E-state index is -3.73. The third-order valence-corrected chi connectivity index (χ3v) is 3.26. The Morgan fingerprint density at radius 3 is 2.63 bits per heavy atom. The molecule has 1 aromatic rings. The number of anilines is 2. The Hall–Kier alpha value is -1.35. The van der Waals surface area contributed by atoms with Crippen LogP contribution in [-0.2, 0) is 19.5 Å². The smallest absolute Gasteiger partial charge is 0.238 e.